The lowest BCUT2D eigenvalue weighted by Gasteiger charge is -2.33. The predicted molar refractivity (Wildman–Crippen MR) is 103 cm³/mol. The minimum atomic E-state index is -4.29. The summed E-state index contributed by atoms with van der Waals surface area (Å²) in [5, 5.41) is 0. The highest BCUT2D eigenvalue weighted by molar-refractivity contribution is 6.51. The molecule has 3 nitrogen and oxygen atoms in total. The summed E-state index contributed by atoms with van der Waals surface area (Å²) in [4.78, 5) is 0. The normalized spacial score (nSPS) is 16.0. The van der Waals surface area contributed by atoms with E-state index in [1.54, 1.807) is 24.3 Å². The highest BCUT2D eigenvalue weighted by Gasteiger charge is 2.55. The second-order valence-electron chi connectivity index (χ2n) is 9.32. The number of aromatic nitrogens is 1. The molecular formula is C21H24BF2NO2. The molecule has 142 valence electrons. The number of halogens is 2. The molecule has 0 unspecified atom stereocenters. The first-order chi connectivity index (χ1) is 12.4. The molecule has 0 fully saturated rings. The van der Waals surface area contributed by atoms with Gasteiger partial charge in [-0.1, -0.05) is 59.7 Å². The van der Waals surface area contributed by atoms with Crippen molar-refractivity contribution in [2.45, 2.75) is 52.4 Å². The van der Waals surface area contributed by atoms with Crippen LogP contribution in [-0.4, -0.2) is 7.04 Å². The zero-order chi connectivity index (χ0) is 19.8. The summed E-state index contributed by atoms with van der Waals surface area (Å²) in [6.07, 6.45) is 0. The largest absolute Gasteiger partial charge is 0.837 e. The molecule has 1 aliphatic rings. The van der Waals surface area contributed by atoms with Crippen LogP contribution in [0.4, 0.5) is 8.63 Å². The van der Waals surface area contributed by atoms with Crippen LogP contribution in [0.3, 0.4) is 0 Å². The number of rotatable bonds is 0. The second-order valence-corrected chi connectivity index (χ2v) is 9.32. The fourth-order valence-corrected chi connectivity index (χ4v) is 3.59. The molecule has 0 saturated heterocycles. The van der Waals surface area contributed by atoms with Crippen LogP contribution < -0.4 is 9.13 Å². The van der Waals surface area contributed by atoms with E-state index in [1.165, 1.54) is 0 Å². The van der Waals surface area contributed by atoms with Gasteiger partial charge < -0.3 is 17.7 Å². The summed E-state index contributed by atoms with van der Waals surface area (Å²) in [7, 11) is -4.29. The molecule has 0 saturated carbocycles. The van der Waals surface area contributed by atoms with Crippen LogP contribution in [0.1, 0.15) is 52.7 Å². The van der Waals surface area contributed by atoms with Crippen molar-refractivity contribution in [1.29, 1.82) is 0 Å². The van der Waals surface area contributed by atoms with Gasteiger partial charge in [0, 0.05) is 6.07 Å². The Morgan fingerprint density at radius 2 is 1.59 bits per heavy atom. The van der Waals surface area contributed by atoms with Gasteiger partial charge in [-0.15, -0.1) is 0 Å². The van der Waals surface area contributed by atoms with Crippen molar-refractivity contribution in [3.05, 3.63) is 47.5 Å². The molecule has 1 aliphatic heterocycles. The fraction of sp³-hybridized carbons (Fsp3) is 0.381. The summed E-state index contributed by atoms with van der Waals surface area (Å²) < 4.78 is 42.4. The topological polar surface area (TPSA) is 26.2 Å². The lowest BCUT2D eigenvalue weighted by Crippen LogP contribution is -2.65. The SMILES string of the molecule is CC(C)(C)c1cc2c(c(C(C)(C)C)c1)O[B-](F)(F)[n+]1c-2oc2ccccc21. The molecule has 0 bridgehead atoms. The molecule has 3 aromatic rings. The van der Waals surface area contributed by atoms with Gasteiger partial charge >= 0.3 is 12.9 Å². The van der Waals surface area contributed by atoms with E-state index in [9.17, 15) is 0 Å². The number of fused-ring (bicyclic) bond motifs is 5. The number of nitrogens with zero attached hydrogens (tertiary/aromatic N) is 1. The van der Waals surface area contributed by atoms with E-state index in [4.69, 9.17) is 9.07 Å². The Bertz CT molecular complexity index is 1060. The van der Waals surface area contributed by atoms with Gasteiger partial charge in [0.25, 0.3) is 0 Å². The maximum atomic E-state index is 15.1. The minimum absolute atomic E-state index is 0.142. The first-order valence-corrected chi connectivity index (χ1v) is 9.22. The summed E-state index contributed by atoms with van der Waals surface area (Å²) in [5.74, 6) is 0.374. The molecule has 27 heavy (non-hydrogen) atoms. The molecule has 2 heterocycles. The monoisotopic (exact) mass is 371 g/mol. The van der Waals surface area contributed by atoms with E-state index in [-0.39, 0.29) is 22.5 Å². The van der Waals surface area contributed by atoms with Crippen molar-refractivity contribution in [3.63, 3.8) is 0 Å². The van der Waals surface area contributed by atoms with Gasteiger partial charge in [-0.25, -0.2) is 0 Å². The molecule has 0 atom stereocenters. The highest BCUT2D eigenvalue weighted by atomic mass is 19.3. The number of para-hydroxylation sites is 2. The third kappa shape index (κ3) is 2.73. The van der Waals surface area contributed by atoms with Crippen molar-refractivity contribution in [2.24, 2.45) is 0 Å². The highest BCUT2D eigenvalue weighted by Crippen LogP contribution is 2.46. The quantitative estimate of drug-likeness (QED) is 0.481. The van der Waals surface area contributed by atoms with Gasteiger partial charge in [-0.3, -0.25) is 4.48 Å². The van der Waals surface area contributed by atoms with E-state index in [1.807, 2.05) is 32.9 Å². The maximum absolute atomic E-state index is 15.1. The molecule has 0 spiro atoms. The zero-order valence-electron chi connectivity index (χ0n) is 16.6. The molecule has 4 rings (SSSR count). The van der Waals surface area contributed by atoms with Gasteiger partial charge in [0.1, 0.15) is 5.56 Å². The number of oxazole rings is 1. The maximum Gasteiger partial charge on any atom is 0.837 e. The summed E-state index contributed by atoms with van der Waals surface area (Å²) in [5.41, 5.74) is 2.66. The molecule has 0 aliphatic carbocycles. The minimum Gasteiger partial charge on any atom is -0.598 e. The molecule has 0 amide bonds. The van der Waals surface area contributed by atoms with Crippen molar-refractivity contribution >= 4 is 18.1 Å². The first kappa shape index (κ1) is 18.0. The summed E-state index contributed by atoms with van der Waals surface area (Å²) in [6, 6.07) is 10.7. The first-order valence-electron chi connectivity index (χ1n) is 9.22. The zero-order valence-corrected chi connectivity index (χ0v) is 16.6. The van der Waals surface area contributed by atoms with Gasteiger partial charge in [-0.2, -0.15) is 0 Å². The Morgan fingerprint density at radius 1 is 0.926 bits per heavy atom. The number of hydrogen-bond donors (Lipinski definition) is 0. The average Bonchev–Trinajstić information content (AvgIpc) is 2.92. The van der Waals surface area contributed by atoms with E-state index in [2.05, 4.69) is 20.8 Å². The van der Waals surface area contributed by atoms with Crippen LogP contribution in [0.5, 0.6) is 5.75 Å². The third-order valence-electron chi connectivity index (χ3n) is 5.10. The second kappa shape index (κ2) is 5.34. The van der Waals surface area contributed by atoms with Crippen LogP contribution in [0.25, 0.3) is 22.6 Å². The Morgan fingerprint density at radius 3 is 2.22 bits per heavy atom. The van der Waals surface area contributed by atoms with Crippen molar-refractivity contribution in [3.8, 4) is 17.2 Å². The Kier molecular flexibility index (Phi) is 3.56. The van der Waals surface area contributed by atoms with E-state index in [0.717, 1.165) is 15.6 Å². The van der Waals surface area contributed by atoms with Crippen molar-refractivity contribution < 1.29 is 22.2 Å². The van der Waals surface area contributed by atoms with E-state index >= 15 is 8.63 Å². The summed E-state index contributed by atoms with van der Waals surface area (Å²) in [6.45, 7) is 12.3. The Balaban J connectivity index is 2.13. The van der Waals surface area contributed by atoms with Crippen molar-refractivity contribution in [2.75, 3.05) is 0 Å². The molecule has 0 radical (unpaired) electrons. The van der Waals surface area contributed by atoms with Crippen LogP contribution in [-0.2, 0) is 10.8 Å². The summed E-state index contributed by atoms with van der Waals surface area (Å²) >= 11 is 0. The van der Waals surface area contributed by atoms with Crippen LogP contribution in [0.15, 0.2) is 40.8 Å². The molecule has 6 heteroatoms. The van der Waals surface area contributed by atoms with Gasteiger partial charge in [0.05, 0.1) is 5.75 Å². The Hall–Kier alpha value is -2.37. The molecule has 2 aromatic carbocycles. The van der Waals surface area contributed by atoms with E-state index < -0.39 is 7.04 Å². The predicted octanol–water partition coefficient (Wildman–Crippen LogP) is 5.60. The van der Waals surface area contributed by atoms with Crippen LogP contribution in [0, 0.1) is 0 Å². The Labute approximate surface area is 158 Å². The average molecular weight is 371 g/mol. The lowest BCUT2D eigenvalue weighted by atomic mass is 9.78. The lowest BCUT2D eigenvalue weighted by molar-refractivity contribution is -0.546. The number of benzene rings is 2. The van der Waals surface area contributed by atoms with Crippen molar-refractivity contribution in [1.82, 2.24) is 0 Å². The molecule has 0 N–H and O–H groups in total. The smallest absolute Gasteiger partial charge is 0.598 e. The van der Waals surface area contributed by atoms with Crippen LogP contribution >= 0.6 is 0 Å². The fourth-order valence-electron chi connectivity index (χ4n) is 3.59. The number of hydrogen-bond acceptors (Lipinski definition) is 2. The standard InChI is InChI=1S/C21H24BF2NO2/c1-20(2,3)13-11-14-18(15(12-13)21(4,5)6)27-22(23,24)25-16-9-7-8-10-17(16)26-19(14)25/h7-12H,1-6H3. The van der Waals surface area contributed by atoms with Crippen LogP contribution in [0.2, 0.25) is 0 Å². The van der Waals surface area contributed by atoms with Gasteiger partial charge in [0.15, 0.2) is 5.58 Å². The molecular weight excluding hydrogens is 347 g/mol. The molecule has 1 aromatic heterocycles. The van der Waals surface area contributed by atoms with Gasteiger partial charge in [0.2, 0.25) is 5.52 Å². The van der Waals surface area contributed by atoms with E-state index in [0.29, 0.717) is 16.7 Å². The van der Waals surface area contributed by atoms with Gasteiger partial charge in [-0.05, 0) is 34.1 Å². The third-order valence-corrected chi connectivity index (χ3v) is 5.10.